The normalized spacial score (nSPS) is 11.8. The number of allylic oxidation sites excluding steroid dienone is 1. The Balaban J connectivity index is 3.29. The summed E-state index contributed by atoms with van der Waals surface area (Å²) in [5, 5.41) is 0.263. The number of aromatic nitrogens is 1. The first-order valence-corrected chi connectivity index (χ1v) is 7.68. The van der Waals surface area contributed by atoms with Gasteiger partial charge in [-0.3, -0.25) is 4.79 Å². The van der Waals surface area contributed by atoms with Crippen LogP contribution in [0.25, 0.3) is 0 Å². The van der Waals surface area contributed by atoms with Crippen molar-refractivity contribution < 1.29 is 8.42 Å². The number of sulfonamides is 1. The molecule has 0 radical (unpaired) electrons. The van der Waals surface area contributed by atoms with Crippen LogP contribution < -0.4 is 5.56 Å². The van der Waals surface area contributed by atoms with E-state index in [2.05, 4.69) is 6.58 Å². The molecule has 0 atom stereocenters. The fourth-order valence-corrected chi connectivity index (χ4v) is 3.29. The highest BCUT2D eigenvalue weighted by molar-refractivity contribution is 7.89. The predicted octanol–water partition coefficient (Wildman–Crippen LogP) is 1.63. The standard InChI is InChI=1S/C12H17ClN2O3S/c1-4-15(5-2)19(17,18)11-6-7-12(16)14(9-11)8-10(3)13/h6-7,9H,3-5,8H2,1-2H3. The Morgan fingerprint density at radius 1 is 1.37 bits per heavy atom. The van der Waals surface area contributed by atoms with Crippen LogP contribution in [0.2, 0.25) is 0 Å². The summed E-state index contributed by atoms with van der Waals surface area (Å²) in [5.41, 5.74) is -0.319. The van der Waals surface area contributed by atoms with E-state index in [1.54, 1.807) is 13.8 Å². The van der Waals surface area contributed by atoms with Crippen molar-refractivity contribution in [2.75, 3.05) is 13.1 Å². The maximum Gasteiger partial charge on any atom is 0.250 e. The number of halogens is 1. The van der Waals surface area contributed by atoms with Crippen molar-refractivity contribution in [3.63, 3.8) is 0 Å². The second-order valence-corrected chi connectivity index (χ2v) is 6.41. The Bertz CT molecular complexity index is 618. The Morgan fingerprint density at radius 2 is 1.95 bits per heavy atom. The number of rotatable bonds is 6. The molecule has 0 aromatic carbocycles. The van der Waals surface area contributed by atoms with Gasteiger partial charge in [-0.25, -0.2) is 8.42 Å². The second kappa shape index (κ2) is 6.36. The van der Waals surface area contributed by atoms with Crippen molar-refractivity contribution in [3.8, 4) is 0 Å². The number of nitrogens with zero attached hydrogens (tertiary/aromatic N) is 2. The fourth-order valence-electron chi connectivity index (χ4n) is 1.68. The first-order valence-electron chi connectivity index (χ1n) is 5.86. The summed E-state index contributed by atoms with van der Waals surface area (Å²) in [6.45, 7) is 7.86. The first-order chi connectivity index (χ1) is 8.82. The van der Waals surface area contributed by atoms with Gasteiger partial charge >= 0.3 is 0 Å². The van der Waals surface area contributed by atoms with E-state index in [1.807, 2.05) is 0 Å². The number of hydrogen-bond donors (Lipinski definition) is 0. The molecule has 0 aliphatic rings. The van der Waals surface area contributed by atoms with Gasteiger partial charge in [0.2, 0.25) is 10.0 Å². The molecule has 1 rings (SSSR count). The summed E-state index contributed by atoms with van der Waals surface area (Å²) >= 11 is 5.65. The first kappa shape index (κ1) is 15.9. The summed E-state index contributed by atoms with van der Waals surface area (Å²) in [4.78, 5) is 11.7. The molecule has 0 N–H and O–H groups in total. The molecule has 106 valence electrons. The predicted molar refractivity (Wildman–Crippen MR) is 75.8 cm³/mol. The van der Waals surface area contributed by atoms with Crippen molar-refractivity contribution in [1.29, 1.82) is 0 Å². The van der Waals surface area contributed by atoms with Gasteiger partial charge in [0.05, 0.1) is 11.4 Å². The Kier molecular flexibility index (Phi) is 5.34. The number of pyridine rings is 1. The molecule has 0 saturated heterocycles. The lowest BCUT2D eigenvalue weighted by Crippen LogP contribution is -2.32. The molecule has 0 bridgehead atoms. The summed E-state index contributed by atoms with van der Waals surface area (Å²) < 4.78 is 27.2. The molecular formula is C12H17ClN2O3S. The minimum absolute atomic E-state index is 0.0775. The maximum atomic E-state index is 12.3. The van der Waals surface area contributed by atoms with Crippen LogP contribution in [0, 0.1) is 0 Å². The molecule has 0 aliphatic heterocycles. The van der Waals surface area contributed by atoms with Crippen LogP contribution in [0.15, 0.2) is 39.6 Å². The molecule has 0 aliphatic carbocycles. The highest BCUT2D eigenvalue weighted by Crippen LogP contribution is 2.14. The monoisotopic (exact) mass is 304 g/mol. The Labute approximate surface area is 118 Å². The van der Waals surface area contributed by atoms with Crippen LogP contribution in [0.5, 0.6) is 0 Å². The molecule has 0 saturated carbocycles. The molecule has 1 heterocycles. The van der Waals surface area contributed by atoms with E-state index in [4.69, 9.17) is 11.6 Å². The maximum absolute atomic E-state index is 12.3. The van der Waals surface area contributed by atoms with E-state index in [-0.39, 0.29) is 22.0 Å². The Morgan fingerprint density at radius 3 is 2.42 bits per heavy atom. The Hall–Kier alpha value is -1.11. The van der Waals surface area contributed by atoms with E-state index in [0.29, 0.717) is 13.1 Å². The summed E-state index contributed by atoms with van der Waals surface area (Å²) in [5.74, 6) is 0. The molecule has 19 heavy (non-hydrogen) atoms. The molecule has 5 nitrogen and oxygen atoms in total. The van der Waals surface area contributed by atoms with Crippen molar-refractivity contribution in [2.45, 2.75) is 25.3 Å². The lowest BCUT2D eigenvalue weighted by Gasteiger charge is -2.18. The van der Waals surface area contributed by atoms with Crippen LogP contribution in [0.4, 0.5) is 0 Å². The topological polar surface area (TPSA) is 59.4 Å². The summed E-state index contributed by atoms with van der Waals surface area (Å²) in [7, 11) is -3.58. The fraction of sp³-hybridized carbons (Fsp3) is 0.417. The zero-order valence-electron chi connectivity index (χ0n) is 11.0. The number of hydrogen-bond acceptors (Lipinski definition) is 3. The quantitative estimate of drug-likeness (QED) is 0.802. The minimum atomic E-state index is -3.58. The summed E-state index contributed by atoms with van der Waals surface area (Å²) in [6, 6.07) is 2.53. The zero-order valence-corrected chi connectivity index (χ0v) is 12.5. The van der Waals surface area contributed by atoms with Gasteiger partial charge in [-0.05, 0) is 6.07 Å². The van der Waals surface area contributed by atoms with E-state index in [1.165, 1.54) is 27.2 Å². The zero-order chi connectivity index (χ0) is 14.6. The van der Waals surface area contributed by atoms with E-state index in [9.17, 15) is 13.2 Å². The van der Waals surface area contributed by atoms with Crippen molar-refractivity contribution in [1.82, 2.24) is 8.87 Å². The molecule has 0 unspecified atom stereocenters. The highest BCUT2D eigenvalue weighted by Gasteiger charge is 2.22. The average molecular weight is 305 g/mol. The van der Waals surface area contributed by atoms with Gasteiger partial charge in [-0.1, -0.05) is 32.0 Å². The molecule has 1 aromatic heterocycles. The van der Waals surface area contributed by atoms with Gasteiger partial charge in [0.1, 0.15) is 0 Å². The summed E-state index contributed by atoms with van der Waals surface area (Å²) in [6.07, 6.45) is 1.30. The van der Waals surface area contributed by atoms with E-state index >= 15 is 0 Å². The molecule has 1 aromatic rings. The highest BCUT2D eigenvalue weighted by atomic mass is 35.5. The smallest absolute Gasteiger partial charge is 0.250 e. The van der Waals surface area contributed by atoms with Gasteiger partial charge in [0.15, 0.2) is 0 Å². The van der Waals surface area contributed by atoms with E-state index in [0.717, 1.165) is 0 Å². The third kappa shape index (κ3) is 3.68. The van der Waals surface area contributed by atoms with Gasteiger partial charge < -0.3 is 4.57 Å². The van der Waals surface area contributed by atoms with E-state index < -0.39 is 10.0 Å². The molecule has 7 heteroatoms. The van der Waals surface area contributed by atoms with Crippen molar-refractivity contribution in [2.24, 2.45) is 0 Å². The molecular weight excluding hydrogens is 288 g/mol. The average Bonchev–Trinajstić information content (AvgIpc) is 2.32. The van der Waals surface area contributed by atoms with Crippen LogP contribution >= 0.6 is 11.6 Å². The minimum Gasteiger partial charge on any atom is -0.309 e. The SMILES string of the molecule is C=C(Cl)Cn1cc(S(=O)(=O)N(CC)CC)ccc1=O. The van der Waals surface area contributed by atoms with Gasteiger partial charge in [0.25, 0.3) is 5.56 Å². The van der Waals surface area contributed by atoms with Crippen molar-refractivity contribution in [3.05, 3.63) is 40.3 Å². The van der Waals surface area contributed by atoms with Crippen LogP contribution in [-0.2, 0) is 16.6 Å². The lowest BCUT2D eigenvalue weighted by molar-refractivity contribution is 0.444. The largest absolute Gasteiger partial charge is 0.309 e. The molecule has 0 spiro atoms. The van der Waals surface area contributed by atoms with Gasteiger partial charge in [-0.15, -0.1) is 0 Å². The van der Waals surface area contributed by atoms with Crippen LogP contribution in [0.3, 0.4) is 0 Å². The van der Waals surface area contributed by atoms with Crippen molar-refractivity contribution >= 4 is 21.6 Å². The molecule has 0 fully saturated rings. The van der Waals surface area contributed by atoms with Crippen LogP contribution in [0.1, 0.15) is 13.8 Å². The van der Waals surface area contributed by atoms with Gasteiger partial charge in [-0.2, -0.15) is 4.31 Å². The molecule has 0 amide bonds. The third-order valence-electron chi connectivity index (χ3n) is 2.64. The van der Waals surface area contributed by atoms with Gasteiger partial charge in [0, 0.05) is 30.4 Å². The van der Waals surface area contributed by atoms with Crippen LogP contribution in [-0.4, -0.2) is 30.4 Å². The second-order valence-electron chi connectivity index (χ2n) is 3.94. The lowest BCUT2D eigenvalue weighted by atomic mass is 10.4. The third-order valence-corrected chi connectivity index (χ3v) is 4.79.